The molecule has 1 amide bonds. The first-order chi connectivity index (χ1) is 9.88. The van der Waals surface area contributed by atoms with Crippen molar-refractivity contribution in [3.63, 3.8) is 0 Å². The van der Waals surface area contributed by atoms with Crippen molar-refractivity contribution >= 4 is 44.5 Å². The molecule has 0 saturated heterocycles. The van der Waals surface area contributed by atoms with E-state index in [1.54, 1.807) is 0 Å². The van der Waals surface area contributed by atoms with E-state index < -0.39 is 22.3 Å². The Hall–Kier alpha value is -2.00. The first-order valence-corrected chi connectivity index (χ1v) is 7.25. The lowest BCUT2D eigenvalue weighted by atomic mass is 10.1. The quantitative estimate of drug-likeness (QED) is 0.488. The van der Waals surface area contributed by atoms with Gasteiger partial charge in [-0.25, -0.2) is 4.39 Å². The Kier molecular flexibility index (Phi) is 4.53. The second kappa shape index (κ2) is 6.19. The van der Waals surface area contributed by atoms with Crippen molar-refractivity contribution in [3.8, 4) is 0 Å². The van der Waals surface area contributed by atoms with Crippen molar-refractivity contribution in [1.29, 1.82) is 0 Å². The highest BCUT2D eigenvalue weighted by Crippen LogP contribution is 2.27. The summed E-state index contributed by atoms with van der Waals surface area (Å²) < 4.78 is 14.3. The van der Waals surface area contributed by atoms with Crippen LogP contribution in [0.2, 0.25) is 0 Å². The van der Waals surface area contributed by atoms with E-state index in [2.05, 4.69) is 21.2 Å². The third kappa shape index (κ3) is 3.56. The SMILES string of the molecule is Nc1c(C(=O)NCc2ccc(Br)s2)cc(F)cc1[N+](=O)[O-]. The maximum Gasteiger partial charge on any atom is 0.295 e. The van der Waals surface area contributed by atoms with Crippen LogP contribution in [0.5, 0.6) is 0 Å². The molecule has 9 heteroatoms. The molecule has 3 N–H and O–H groups in total. The number of hydrogen-bond acceptors (Lipinski definition) is 5. The molecule has 0 spiro atoms. The van der Waals surface area contributed by atoms with Gasteiger partial charge in [0.05, 0.1) is 26.9 Å². The lowest BCUT2D eigenvalue weighted by Gasteiger charge is -2.07. The minimum atomic E-state index is -0.889. The van der Waals surface area contributed by atoms with Crippen molar-refractivity contribution in [2.75, 3.05) is 5.73 Å². The van der Waals surface area contributed by atoms with Crippen LogP contribution in [-0.4, -0.2) is 10.8 Å². The highest BCUT2D eigenvalue weighted by atomic mass is 79.9. The van der Waals surface area contributed by atoms with Crippen molar-refractivity contribution < 1.29 is 14.1 Å². The molecule has 6 nitrogen and oxygen atoms in total. The van der Waals surface area contributed by atoms with Crippen LogP contribution in [0.3, 0.4) is 0 Å². The van der Waals surface area contributed by atoms with E-state index in [-0.39, 0.29) is 17.8 Å². The number of benzene rings is 1. The third-order valence-corrected chi connectivity index (χ3v) is 4.24. The Morgan fingerprint density at radius 2 is 2.19 bits per heavy atom. The molecule has 0 unspecified atom stereocenters. The maximum atomic E-state index is 13.4. The summed E-state index contributed by atoms with van der Waals surface area (Å²) in [5.74, 6) is -1.56. The Morgan fingerprint density at radius 3 is 2.76 bits per heavy atom. The van der Waals surface area contributed by atoms with Crippen molar-refractivity contribution in [3.05, 3.63) is 54.4 Å². The number of carbonyl (C=O) groups is 1. The van der Waals surface area contributed by atoms with Gasteiger partial charge in [0.2, 0.25) is 0 Å². The van der Waals surface area contributed by atoms with Crippen molar-refractivity contribution in [1.82, 2.24) is 5.32 Å². The van der Waals surface area contributed by atoms with Gasteiger partial charge >= 0.3 is 0 Å². The fraction of sp³-hybridized carbons (Fsp3) is 0.0833. The molecule has 0 aliphatic heterocycles. The van der Waals surface area contributed by atoms with Gasteiger partial charge < -0.3 is 11.1 Å². The summed E-state index contributed by atoms with van der Waals surface area (Å²) >= 11 is 4.72. The number of carbonyl (C=O) groups excluding carboxylic acids is 1. The minimum absolute atomic E-state index is 0.221. The summed E-state index contributed by atoms with van der Waals surface area (Å²) in [5, 5.41) is 13.3. The van der Waals surface area contributed by atoms with E-state index >= 15 is 0 Å². The molecule has 21 heavy (non-hydrogen) atoms. The number of halogens is 2. The predicted molar refractivity (Wildman–Crippen MR) is 80.7 cm³/mol. The van der Waals surface area contributed by atoms with Gasteiger partial charge in [0, 0.05) is 4.88 Å². The third-order valence-electron chi connectivity index (χ3n) is 2.62. The molecule has 2 aromatic rings. The van der Waals surface area contributed by atoms with Crippen molar-refractivity contribution in [2.24, 2.45) is 0 Å². The highest BCUT2D eigenvalue weighted by Gasteiger charge is 2.21. The van der Waals surface area contributed by atoms with Crippen LogP contribution in [0.15, 0.2) is 28.1 Å². The molecule has 110 valence electrons. The number of nitrogens with one attached hydrogen (secondary N) is 1. The summed E-state index contributed by atoms with van der Waals surface area (Å²) in [5.41, 5.74) is 4.32. The number of rotatable bonds is 4. The maximum absolute atomic E-state index is 13.4. The van der Waals surface area contributed by atoms with E-state index in [1.807, 2.05) is 12.1 Å². The first kappa shape index (κ1) is 15.4. The molecular formula is C12H9BrFN3O3S. The van der Waals surface area contributed by atoms with Gasteiger partial charge in [-0.2, -0.15) is 0 Å². The highest BCUT2D eigenvalue weighted by molar-refractivity contribution is 9.11. The van der Waals surface area contributed by atoms with E-state index in [1.165, 1.54) is 11.3 Å². The summed E-state index contributed by atoms with van der Waals surface area (Å²) in [6.45, 7) is 0.221. The van der Waals surface area contributed by atoms with Gasteiger partial charge in [0.25, 0.3) is 11.6 Å². The fourth-order valence-electron chi connectivity index (χ4n) is 1.65. The zero-order valence-corrected chi connectivity index (χ0v) is 12.8. The molecule has 1 aromatic heterocycles. The molecular weight excluding hydrogens is 365 g/mol. The smallest absolute Gasteiger partial charge is 0.295 e. The largest absolute Gasteiger partial charge is 0.393 e. The molecule has 0 bridgehead atoms. The van der Waals surface area contributed by atoms with Crippen LogP contribution in [0.4, 0.5) is 15.8 Å². The Morgan fingerprint density at radius 1 is 1.48 bits per heavy atom. The Balaban J connectivity index is 2.21. The number of nitrogens with zero attached hydrogens (tertiary/aromatic N) is 1. The minimum Gasteiger partial charge on any atom is -0.393 e. The average Bonchev–Trinajstić information content (AvgIpc) is 2.83. The number of hydrogen-bond donors (Lipinski definition) is 2. The number of nitrogens with two attached hydrogens (primary N) is 1. The lowest BCUT2D eigenvalue weighted by molar-refractivity contribution is -0.384. The summed E-state index contributed by atoms with van der Waals surface area (Å²) in [6.07, 6.45) is 0. The number of nitro benzene ring substituents is 1. The Labute approximate surface area is 131 Å². The predicted octanol–water partition coefficient (Wildman–Crippen LogP) is 3.07. The van der Waals surface area contributed by atoms with Crippen molar-refractivity contribution in [2.45, 2.75) is 6.54 Å². The summed E-state index contributed by atoms with van der Waals surface area (Å²) in [4.78, 5) is 22.8. The molecule has 0 aliphatic rings. The topological polar surface area (TPSA) is 98.3 Å². The van der Waals surface area contributed by atoms with E-state index in [4.69, 9.17) is 5.73 Å². The molecule has 0 radical (unpaired) electrons. The second-order valence-corrected chi connectivity index (χ2v) is 6.58. The standard InChI is InChI=1S/C12H9BrFN3O3S/c13-10-2-1-7(21-10)5-16-12(18)8-3-6(14)4-9(11(8)15)17(19)20/h1-4H,5,15H2,(H,16,18). The molecule has 0 saturated carbocycles. The van der Waals surface area contributed by atoms with Gasteiger partial charge in [-0.15, -0.1) is 11.3 Å². The summed E-state index contributed by atoms with van der Waals surface area (Å²) in [7, 11) is 0. The van der Waals surface area contributed by atoms with Crippen LogP contribution in [0.1, 0.15) is 15.2 Å². The number of thiophene rings is 1. The number of anilines is 1. The fourth-order valence-corrected chi connectivity index (χ4v) is 3.07. The van der Waals surface area contributed by atoms with Gasteiger partial charge in [-0.05, 0) is 34.1 Å². The first-order valence-electron chi connectivity index (χ1n) is 5.64. The molecule has 0 aliphatic carbocycles. The molecule has 2 rings (SSSR count). The van der Waals surface area contributed by atoms with E-state index in [0.29, 0.717) is 6.07 Å². The zero-order chi connectivity index (χ0) is 15.6. The van der Waals surface area contributed by atoms with Crippen LogP contribution >= 0.6 is 27.3 Å². The molecule has 1 aromatic carbocycles. The number of amides is 1. The monoisotopic (exact) mass is 373 g/mol. The molecule has 0 atom stereocenters. The van der Waals surface area contributed by atoms with Crippen LogP contribution < -0.4 is 11.1 Å². The van der Waals surface area contributed by atoms with Crippen LogP contribution in [0.25, 0.3) is 0 Å². The van der Waals surface area contributed by atoms with Gasteiger partial charge in [-0.1, -0.05) is 0 Å². The average molecular weight is 374 g/mol. The van der Waals surface area contributed by atoms with E-state index in [0.717, 1.165) is 14.7 Å². The van der Waals surface area contributed by atoms with Gasteiger partial charge in [0.15, 0.2) is 0 Å². The lowest BCUT2D eigenvalue weighted by Crippen LogP contribution is -2.24. The van der Waals surface area contributed by atoms with Crippen LogP contribution in [0, 0.1) is 15.9 Å². The molecule has 1 heterocycles. The number of nitro groups is 1. The number of nitrogen functional groups attached to an aromatic ring is 1. The normalized spacial score (nSPS) is 10.4. The molecule has 0 fully saturated rings. The Bertz CT molecular complexity index is 720. The van der Waals surface area contributed by atoms with Gasteiger partial charge in [0.1, 0.15) is 11.5 Å². The van der Waals surface area contributed by atoms with Gasteiger partial charge in [-0.3, -0.25) is 14.9 Å². The van der Waals surface area contributed by atoms with E-state index in [9.17, 15) is 19.3 Å². The van der Waals surface area contributed by atoms with Crippen LogP contribution in [-0.2, 0) is 6.54 Å². The second-order valence-electron chi connectivity index (χ2n) is 4.03. The summed E-state index contributed by atoms with van der Waals surface area (Å²) in [6, 6.07) is 5.20. The zero-order valence-electron chi connectivity index (χ0n) is 10.4.